The number of amides is 2. The number of hydrogen-bond acceptors (Lipinski definition) is 12. The number of esters is 1. The molecule has 2 aliphatic heterocycles. The molecule has 3 heterocycles. The summed E-state index contributed by atoms with van der Waals surface area (Å²) in [6.45, 7) is 13.1. The smallest absolute Gasteiger partial charge is 0.355 e. The quantitative estimate of drug-likeness (QED) is 0.0232. The van der Waals surface area contributed by atoms with Crippen molar-refractivity contribution >= 4 is 60.0 Å². The van der Waals surface area contributed by atoms with Gasteiger partial charge >= 0.3 is 5.97 Å². The molecule has 0 radical (unpaired) electrons. The van der Waals surface area contributed by atoms with Crippen molar-refractivity contribution in [2.45, 2.75) is 62.3 Å². The average Bonchev–Trinajstić information content (AvgIpc) is 3.78. The molecule has 338 valence electrons. The van der Waals surface area contributed by atoms with Crippen LogP contribution in [0.2, 0.25) is 18.1 Å². The van der Waals surface area contributed by atoms with Gasteiger partial charge in [-0.1, -0.05) is 141 Å². The number of rotatable bonds is 17. The Bertz CT molecular complexity index is 2480. The van der Waals surface area contributed by atoms with Gasteiger partial charge in [0, 0.05) is 11.1 Å². The Labute approximate surface area is 390 Å². The van der Waals surface area contributed by atoms with E-state index in [1.165, 1.54) is 35.1 Å². The fourth-order valence-electron chi connectivity index (χ4n) is 7.78. The number of carbonyl (C=O) groups excluding carboxylic acids is 3. The predicted octanol–water partition coefficient (Wildman–Crippen LogP) is 9.23. The second-order valence-electron chi connectivity index (χ2n) is 17.0. The van der Waals surface area contributed by atoms with Crippen molar-refractivity contribution in [2.75, 3.05) is 38.5 Å². The van der Waals surface area contributed by atoms with Crippen molar-refractivity contribution in [3.63, 3.8) is 0 Å². The molecule has 1 saturated heterocycles. The molecule has 12 nitrogen and oxygen atoms in total. The van der Waals surface area contributed by atoms with E-state index in [0.717, 1.165) is 16.7 Å². The molecule has 2 atom stereocenters. The monoisotopic (exact) mass is 929 g/mol. The van der Waals surface area contributed by atoms with E-state index in [9.17, 15) is 9.59 Å². The van der Waals surface area contributed by atoms with Crippen LogP contribution < -0.4 is 15.4 Å². The SMILES string of the molecule is CCOC(=O)C1=C(/C=C\CO[Si](C)(C)C(C)(C)C)CS[C@@H]2N1C(=O)C2(NC(=O)/C(=N\OC)c1csc(NC(c2ccccc2)(c2ccccc2)c2ccccc2)n1)c1ccc(OC)cc1. The molecule has 0 spiro atoms. The fraction of sp³-hybridized carbons (Fsp3) is 0.300. The molecule has 65 heavy (non-hydrogen) atoms. The van der Waals surface area contributed by atoms with Crippen LogP contribution in [-0.2, 0) is 39.5 Å². The Morgan fingerprint density at radius 2 is 1.49 bits per heavy atom. The number of nitrogens with one attached hydrogen (secondary N) is 2. The zero-order chi connectivity index (χ0) is 46.4. The Morgan fingerprint density at radius 1 is 0.908 bits per heavy atom. The van der Waals surface area contributed by atoms with E-state index >= 15 is 4.79 Å². The van der Waals surface area contributed by atoms with Gasteiger partial charge in [0.1, 0.15) is 35.2 Å². The van der Waals surface area contributed by atoms with Gasteiger partial charge in [-0.2, -0.15) is 0 Å². The number of nitrogens with zero attached hydrogens (tertiary/aromatic N) is 3. The minimum atomic E-state index is -2.04. The second-order valence-corrected chi connectivity index (χ2v) is 23.8. The maximum Gasteiger partial charge on any atom is 0.355 e. The maximum absolute atomic E-state index is 15.0. The number of methoxy groups -OCH3 is 1. The molecule has 15 heteroatoms. The van der Waals surface area contributed by atoms with Crippen molar-refractivity contribution in [3.8, 4) is 5.75 Å². The minimum absolute atomic E-state index is 0.0227. The van der Waals surface area contributed by atoms with Gasteiger partial charge in [-0.15, -0.1) is 23.1 Å². The molecule has 1 aromatic heterocycles. The molecular formula is C50H55N5O7S2Si. The van der Waals surface area contributed by atoms with E-state index in [2.05, 4.69) is 86.1 Å². The van der Waals surface area contributed by atoms with E-state index in [4.69, 9.17) is 23.7 Å². The number of aromatic nitrogens is 1. The predicted molar refractivity (Wildman–Crippen MR) is 260 cm³/mol. The van der Waals surface area contributed by atoms with Gasteiger partial charge in [0.2, 0.25) is 0 Å². The van der Waals surface area contributed by atoms with Crippen LogP contribution in [-0.4, -0.2) is 80.3 Å². The lowest BCUT2D eigenvalue weighted by Crippen LogP contribution is -2.78. The molecule has 7 rings (SSSR count). The third-order valence-electron chi connectivity index (χ3n) is 12.2. The fourth-order valence-corrected chi connectivity index (χ4v) is 10.9. The molecule has 4 aromatic carbocycles. The van der Waals surface area contributed by atoms with Crippen LogP contribution in [0.3, 0.4) is 0 Å². The van der Waals surface area contributed by atoms with E-state index in [1.54, 1.807) is 43.7 Å². The van der Waals surface area contributed by atoms with Crippen LogP contribution in [0.25, 0.3) is 0 Å². The molecule has 2 N–H and O–H groups in total. The van der Waals surface area contributed by atoms with Crippen LogP contribution in [0.4, 0.5) is 5.13 Å². The van der Waals surface area contributed by atoms with Crippen molar-refractivity contribution in [2.24, 2.45) is 5.16 Å². The molecule has 0 saturated carbocycles. The second kappa shape index (κ2) is 19.6. The van der Waals surface area contributed by atoms with Crippen LogP contribution >= 0.6 is 23.1 Å². The standard InChI is InChI=1S/C50H55N5O7S2Si/c1-9-61-44(57)42-34(20-19-31-62-65(7,8)48(2,3)4)32-63-46-50(45(58)55(42)46,38-27-29-39(59-5)30-28-38)52-43(56)41(54-60-6)40-33-64-47(51-40)53-49(35-21-13-10-14-22-35,36-23-15-11-16-24-36)37-25-17-12-18-26-37/h10-30,33,46H,9,31-32H2,1-8H3,(H,51,53)(H,52,56)/b20-19-,54-41-/t46-,50?/m0/s1. The number of carbonyl (C=O) groups is 3. The third kappa shape index (κ3) is 9.15. The summed E-state index contributed by atoms with van der Waals surface area (Å²) in [5.74, 6) is -0.943. The Kier molecular flexibility index (Phi) is 14.2. The third-order valence-corrected chi connectivity index (χ3v) is 18.8. The van der Waals surface area contributed by atoms with Gasteiger partial charge in [-0.05, 0) is 65.0 Å². The van der Waals surface area contributed by atoms with Crippen LogP contribution in [0.15, 0.2) is 149 Å². The van der Waals surface area contributed by atoms with E-state index < -0.39 is 42.6 Å². The first-order valence-electron chi connectivity index (χ1n) is 21.4. The van der Waals surface area contributed by atoms with Gasteiger partial charge < -0.3 is 29.4 Å². The summed E-state index contributed by atoms with van der Waals surface area (Å²) in [6.07, 6.45) is 3.72. The number of hydrogen-bond donors (Lipinski definition) is 2. The largest absolute Gasteiger partial charge is 0.497 e. The number of ether oxygens (including phenoxy) is 2. The molecule has 0 aliphatic carbocycles. The number of allylic oxidation sites excluding steroid dienone is 1. The summed E-state index contributed by atoms with van der Waals surface area (Å²) in [7, 11) is 0.856. The van der Waals surface area contributed by atoms with Gasteiger partial charge in [0.25, 0.3) is 11.8 Å². The highest BCUT2D eigenvalue weighted by atomic mass is 32.2. The van der Waals surface area contributed by atoms with Gasteiger partial charge in [-0.25, -0.2) is 9.78 Å². The van der Waals surface area contributed by atoms with Gasteiger partial charge in [0.05, 0.1) is 20.3 Å². The van der Waals surface area contributed by atoms with Crippen LogP contribution in [0.1, 0.15) is 55.6 Å². The summed E-state index contributed by atoms with van der Waals surface area (Å²) in [4.78, 5) is 55.3. The summed E-state index contributed by atoms with van der Waals surface area (Å²) in [6, 6.07) is 37.3. The van der Waals surface area contributed by atoms with Crippen molar-refractivity contribution in [1.29, 1.82) is 0 Å². The van der Waals surface area contributed by atoms with Gasteiger partial charge in [0.15, 0.2) is 24.7 Å². The molecule has 0 bridgehead atoms. The first kappa shape index (κ1) is 47.0. The molecular weight excluding hydrogens is 875 g/mol. The normalized spacial score (nSPS) is 17.9. The Morgan fingerprint density at radius 3 is 2.02 bits per heavy atom. The highest BCUT2D eigenvalue weighted by Crippen LogP contribution is 2.52. The first-order valence-corrected chi connectivity index (χ1v) is 26.2. The number of anilines is 1. The topological polar surface area (TPSA) is 141 Å². The minimum Gasteiger partial charge on any atom is -0.497 e. The summed E-state index contributed by atoms with van der Waals surface area (Å²) in [5, 5.41) is 12.5. The Balaban J connectivity index is 1.24. The summed E-state index contributed by atoms with van der Waals surface area (Å²) >= 11 is 2.73. The highest BCUT2D eigenvalue weighted by Gasteiger charge is 2.66. The van der Waals surface area contributed by atoms with Crippen molar-refractivity contribution < 1.29 is 33.1 Å². The number of β-lactam (4-membered cyclic amide) rings is 1. The van der Waals surface area contributed by atoms with E-state index in [-0.39, 0.29) is 28.7 Å². The number of thioether (sulfide) groups is 1. The maximum atomic E-state index is 15.0. The molecule has 1 fully saturated rings. The number of oxime groups is 1. The van der Waals surface area contributed by atoms with E-state index in [0.29, 0.717) is 34.4 Å². The molecule has 2 aliphatic rings. The van der Waals surface area contributed by atoms with Gasteiger partial charge in [-0.3, -0.25) is 14.5 Å². The number of thiazole rings is 1. The Hall–Kier alpha value is -6.00. The summed E-state index contributed by atoms with van der Waals surface area (Å²) in [5.41, 5.74) is 1.73. The van der Waals surface area contributed by atoms with Crippen molar-refractivity contribution in [1.82, 2.24) is 15.2 Å². The molecule has 5 aromatic rings. The highest BCUT2D eigenvalue weighted by molar-refractivity contribution is 8.00. The molecule has 1 unspecified atom stereocenters. The number of fused-ring (bicyclic) bond motifs is 1. The lowest BCUT2D eigenvalue weighted by molar-refractivity contribution is -0.160. The molecule has 2 amide bonds. The van der Waals surface area contributed by atoms with E-state index in [1.807, 2.05) is 66.7 Å². The van der Waals surface area contributed by atoms with Crippen LogP contribution in [0, 0.1) is 0 Å². The zero-order valence-corrected chi connectivity index (χ0v) is 40.5. The lowest BCUT2D eigenvalue weighted by atomic mass is 9.77. The first-order chi connectivity index (χ1) is 31.2. The lowest BCUT2D eigenvalue weighted by Gasteiger charge is -2.57. The van der Waals surface area contributed by atoms with Crippen molar-refractivity contribution in [3.05, 3.63) is 172 Å². The number of benzene rings is 4. The van der Waals surface area contributed by atoms with Crippen LogP contribution in [0.5, 0.6) is 5.75 Å². The zero-order valence-electron chi connectivity index (χ0n) is 37.9. The average molecular weight is 930 g/mol. The summed E-state index contributed by atoms with van der Waals surface area (Å²) < 4.78 is 17.4.